The van der Waals surface area contributed by atoms with Gasteiger partial charge in [-0.1, -0.05) is 30.3 Å². The van der Waals surface area contributed by atoms with E-state index in [0.29, 0.717) is 13.1 Å². The molecule has 0 saturated carbocycles. The maximum atomic E-state index is 12.5. The van der Waals surface area contributed by atoms with Crippen molar-refractivity contribution in [3.05, 3.63) is 59.9 Å². The summed E-state index contributed by atoms with van der Waals surface area (Å²) in [5.41, 5.74) is 2.19. The summed E-state index contributed by atoms with van der Waals surface area (Å²) in [6, 6.07) is 9.98. The summed E-state index contributed by atoms with van der Waals surface area (Å²) in [6.07, 6.45) is 6.15. The number of carboxylic acid groups (broad SMARTS) is 1. The van der Waals surface area contributed by atoms with Crippen LogP contribution in [0.15, 0.2) is 48.8 Å². The number of carbonyl (C=O) groups excluding carboxylic acids is 1. The maximum Gasteiger partial charge on any atom is 0.338 e. The third-order valence-electron chi connectivity index (χ3n) is 4.57. The molecule has 1 aromatic carbocycles. The lowest BCUT2D eigenvalue weighted by Gasteiger charge is -2.31. The minimum absolute atomic E-state index is 0.0199. The molecule has 1 aliphatic heterocycles. The fraction of sp³-hybridized carbons (Fsp3) is 0.316. The van der Waals surface area contributed by atoms with Crippen molar-refractivity contribution in [1.82, 2.24) is 14.7 Å². The van der Waals surface area contributed by atoms with Crippen LogP contribution in [-0.4, -0.2) is 44.8 Å². The highest BCUT2D eigenvalue weighted by atomic mass is 16.4. The molecule has 1 aromatic heterocycles. The monoisotopic (exact) mass is 339 g/mol. The van der Waals surface area contributed by atoms with Gasteiger partial charge in [0.25, 0.3) is 0 Å². The van der Waals surface area contributed by atoms with Gasteiger partial charge in [-0.05, 0) is 30.9 Å². The van der Waals surface area contributed by atoms with Gasteiger partial charge in [0, 0.05) is 25.4 Å². The van der Waals surface area contributed by atoms with Gasteiger partial charge in [-0.15, -0.1) is 0 Å². The van der Waals surface area contributed by atoms with Crippen LogP contribution in [0.1, 0.15) is 41.7 Å². The largest absolute Gasteiger partial charge is 0.478 e. The second-order valence-corrected chi connectivity index (χ2v) is 6.26. The molecule has 1 saturated heterocycles. The van der Waals surface area contributed by atoms with E-state index in [2.05, 4.69) is 5.10 Å². The Bertz CT molecular complexity index is 787. The normalized spacial score (nSPS) is 16.0. The number of hydrogen-bond acceptors (Lipinski definition) is 3. The number of carboxylic acids is 1. The van der Waals surface area contributed by atoms with E-state index in [-0.39, 0.29) is 17.5 Å². The van der Waals surface area contributed by atoms with E-state index in [4.69, 9.17) is 5.11 Å². The van der Waals surface area contributed by atoms with E-state index in [1.165, 1.54) is 6.20 Å². The molecule has 6 heteroatoms. The predicted octanol–water partition coefficient (Wildman–Crippen LogP) is 2.85. The second kappa shape index (κ2) is 7.34. The Morgan fingerprint density at radius 2 is 1.84 bits per heavy atom. The molecular weight excluding hydrogens is 318 g/mol. The Morgan fingerprint density at radius 1 is 1.16 bits per heavy atom. The number of piperidine rings is 1. The number of rotatable bonds is 4. The van der Waals surface area contributed by atoms with Crippen LogP contribution >= 0.6 is 0 Å². The van der Waals surface area contributed by atoms with Gasteiger partial charge in [-0.25, -0.2) is 4.79 Å². The smallest absolute Gasteiger partial charge is 0.338 e. The SMILES string of the molecule is C/C(=C\C(=O)N1CCC(n2cc(C(=O)O)cn2)CC1)c1ccccc1. The highest BCUT2D eigenvalue weighted by Gasteiger charge is 2.24. The lowest BCUT2D eigenvalue weighted by atomic mass is 10.0. The van der Waals surface area contributed by atoms with Crippen molar-refractivity contribution in [1.29, 1.82) is 0 Å². The molecule has 2 heterocycles. The molecule has 0 bridgehead atoms. The molecular formula is C19H21N3O3. The van der Waals surface area contributed by atoms with Gasteiger partial charge in [-0.3, -0.25) is 9.48 Å². The van der Waals surface area contributed by atoms with Crippen LogP contribution in [0, 0.1) is 0 Å². The minimum atomic E-state index is -0.972. The van der Waals surface area contributed by atoms with Crippen LogP contribution < -0.4 is 0 Å². The third-order valence-corrected chi connectivity index (χ3v) is 4.57. The van der Waals surface area contributed by atoms with Crippen LogP contribution in [0.25, 0.3) is 5.57 Å². The predicted molar refractivity (Wildman–Crippen MR) is 94.1 cm³/mol. The van der Waals surface area contributed by atoms with Crippen LogP contribution in [0.3, 0.4) is 0 Å². The van der Waals surface area contributed by atoms with Crippen LogP contribution in [-0.2, 0) is 4.79 Å². The summed E-state index contributed by atoms with van der Waals surface area (Å²) in [5, 5.41) is 13.1. The molecule has 0 radical (unpaired) electrons. The van der Waals surface area contributed by atoms with Crippen molar-refractivity contribution in [3.8, 4) is 0 Å². The molecule has 1 N–H and O–H groups in total. The molecule has 0 unspecified atom stereocenters. The number of hydrogen-bond donors (Lipinski definition) is 1. The highest BCUT2D eigenvalue weighted by molar-refractivity contribution is 5.94. The first-order chi connectivity index (χ1) is 12.0. The number of nitrogens with zero attached hydrogens (tertiary/aromatic N) is 3. The Balaban J connectivity index is 1.60. The van der Waals surface area contributed by atoms with E-state index in [1.807, 2.05) is 42.2 Å². The van der Waals surface area contributed by atoms with Crippen LogP contribution in [0.4, 0.5) is 0 Å². The number of likely N-dealkylation sites (tertiary alicyclic amines) is 1. The summed E-state index contributed by atoms with van der Waals surface area (Å²) < 4.78 is 1.70. The lowest BCUT2D eigenvalue weighted by molar-refractivity contribution is -0.127. The van der Waals surface area contributed by atoms with Crippen molar-refractivity contribution < 1.29 is 14.7 Å². The lowest BCUT2D eigenvalue weighted by Crippen LogP contribution is -2.38. The zero-order chi connectivity index (χ0) is 17.8. The molecule has 0 atom stereocenters. The fourth-order valence-corrected chi connectivity index (χ4v) is 3.06. The molecule has 1 aliphatic rings. The molecule has 3 rings (SSSR count). The third kappa shape index (κ3) is 3.96. The average Bonchev–Trinajstić information content (AvgIpc) is 3.13. The molecule has 1 amide bonds. The zero-order valence-corrected chi connectivity index (χ0v) is 14.1. The van der Waals surface area contributed by atoms with E-state index in [1.54, 1.807) is 17.0 Å². The highest BCUT2D eigenvalue weighted by Crippen LogP contribution is 2.23. The standard InChI is InChI=1S/C19H21N3O3/c1-14(15-5-3-2-4-6-15)11-18(23)21-9-7-17(8-10-21)22-13-16(12-20-22)19(24)25/h2-6,11-13,17H,7-10H2,1H3,(H,24,25)/b14-11+. The number of carbonyl (C=O) groups is 2. The number of amides is 1. The number of aromatic nitrogens is 2. The quantitative estimate of drug-likeness (QED) is 0.869. The molecule has 130 valence electrons. The Labute approximate surface area is 146 Å². The Hall–Kier alpha value is -2.89. The summed E-state index contributed by atoms with van der Waals surface area (Å²) in [7, 11) is 0. The van der Waals surface area contributed by atoms with Gasteiger partial charge in [0.05, 0.1) is 17.8 Å². The van der Waals surface area contributed by atoms with E-state index in [0.717, 1.165) is 24.0 Å². The van der Waals surface area contributed by atoms with E-state index < -0.39 is 5.97 Å². The van der Waals surface area contributed by atoms with Crippen LogP contribution in [0.2, 0.25) is 0 Å². The molecule has 0 spiro atoms. The van der Waals surface area contributed by atoms with E-state index >= 15 is 0 Å². The van der Waals surface area contributed by atoms with Gasteiger partial charge >= 0.3 is 5.97 Å². The fourth-order valence-electron chi connectivity index (χ4n) is 3.06. The van der Waals surface area contributed by atoms with E-state index in [9.17, 15) is 9.59 Å². The zero-order valence-electron chi connectivity index (χ0n) is 14.1. The summed E-state index contributed by atoms with van der Waals surface area (Å²) >= 11 is 0. The van der Waals surface area contributed by atoms with Crippen LogP contribution in [0.5, 0.6) is 0 Å². The summed E-state index contributed by atoms with van der Waals surface area (Å²) in [5.74, 6) is -0.952. The maximum absolute atomic E-state index is 12.5. The molecule has 2 aromatic rings. The Morgan fingerprint density at radius 3 is 2.44 bits per heavy atom. The minimum Gasteiger partial charge on any atom is -0.478 e. The summed E-state index contributed by atoms with van der Waals surface area (Å²) in [4.78, 5) is 25.3. The van der Waals surface area contributed by atoms with Crippen molar-refractivity contribution in [2.24, 2.45) is 0 Å². The summed E-state index contributed by atoms with van der Waals surface area (Å²) in [6.45, 7) is 3.23. The number of aromatic carboxylic acids is 1. The topological polar surface area (TPSA) is 75.4 Å². The first-order valence-corrected chi connectivity index (χ1v) is 8.34. The number of benzene rings is 1. The van der Waals surface area contributed by atoms with Crippen molar-refractivity contribution in [2.45, 2.75) is 25.8 Å². The number of allylic oxidation sites excluding steroid dienone is 1. The second-order valence-electron chi connectivity index (χ2n) is 6.26. The van der Waals surface area contributed by atoms with Crippen molar-refractivity contribution in [3.63, 3.8) is 0 Å². The average molecular weight is 339 g/mol. The van der Waals surface area contributed by atoms with Crippen molar-refractivity contribution >= 4 is 17.4 Å². The van der Waals surface area contributed by atoms with Gasteiger partial charge in [0.2, 0.25) is 5.91 Å². The molecule has 0 aliphatic carbocycles. The van der Waals surface area contributed by atoms with Gasteiger partial charge < -0.3 is 10.0 Å². The van der Waals surface area contributed by atoms with Gasteiger partial charge in [-0.2, -0.15) is 5.10 Å². The molecule has 6 nitrogen and oxygen atoms in total. The molecule has 25 heavy (non-hydrogen) atoms. The Kier molecular flexibility index (Phi) is 4.97. The first-order valence-electron chi connectivity index (χ1n) is 8.34. The molecule has 1 fully saturated rings. The van der Waals surface area contributed by atoms with Gasteiger partial charge in [0.15, 0.2) is 0 Å². The first kappa shape index (κ1) is 17.0. The van der Waals surface area contributed by atoms with Crippen molar-refractivity contribution in [2.75, 3.05) is 13.1 Å². The van der Waals surface area contributed by atoms with Gasteiger partial charge in [0.1, 0.15) is 0 Å².